The predicted octanol–water partition coefficient (Wildman–Crippen LogP) is 0.735. The summed E-state index contributed by atoms with van der Waals surface area (Å²) in [7, 11) is -0.980. The van der Waals surface area contributed by atoms with Gasteiger partial charge < -0.3 is 4.90 Å². The molecule has 1 aliphatic rings. The van der Waals surface area contributed by atoms with Crippen molar-refractivity contribution in [2.45, 2.75) is 6.54 Å². The van der Waals surface area contributed by atoms with Crippen molar-refractivity contribution >= 4 is 16.7 Å². The summed E-state index contributed by atoms with van der Waals surface area (Å²) in [6.07, 6.45) is 0. The second kappa shape index (κ2) is 3.92. The van der Waals surface area contributed by atoms with Gasteiger partial charge in [-0.25, -0.2) is 0 Å². The molecule has 0 aliphatic carbocycles. The zero-order valence-electron chi connectivity index (χ0n) is 7.68. The average Bonchev–Trinajstić information content (AvgIpc) is 2.47. The van der Waals surface area contributed by atoms with E-state index in [0.717, 1.165) is 5.56 Å². The van der Waals surface area contributed by atoms with Crippen molar-refractivity contribution in [1.82, 2.24) is 4.90 Å². The van der Waals surface area contributed by atoms with E-state index in [1.54, 1.807) is 4.90 Å². The number of rotatable bonds is 2. The SMILES string of the molecule is O=C1CS(=O)CN1Cc1ccccc1. The highest BCUT2D eigenvalue weighted by molar-refractivity contribution is 7.86. The van der Waals surface area contributed by atoms with Crippen LogP contribution in [0.4, 0.5) is 0 Å². The van der Waals surface area contributed by atoms with Crippen LogP contribution in [0.2, 0.25) is 0 Å². The molecule has 1 aliphatic heterocycles. The lowest BCUT2D eigenvalue weighted by molar-refractivity contribution is -0.127. The van der Waals surface area contributed by atoms with Gasteiger partial charge >= 0.3 is 0 Å². The van der Waals surface area contributed by atoms with E-state index in [1.807, 2.05) is 30.3 Å². The van der Waals surface area contributed by atoms with Gasteiger partial charge in [0.2, 0.25) is 5.91 Å². The van der Waals surface area contributed by atoms with Gasteiger partial charge in [-0.3, -0.25) is 9.00 Å². The van der Waals surface area contributed by atoms with Crippen LogP contribution in [0.5, 0.6) is 0 Å². The Morgan fingerprint density at radius 2 is 2.00 bits per heavy atom. The van der Waals surface area contributed by atoms with Crippen molar-refractivity contribution in [3.8, 4) is 0 Å². The van der Waals surface area contributed by atoms with Gasteiger partial charge in [0.1, 0.15) is 5.75 Å². The molecule has 1 atom stereocenters. The topological polar surface area (TPSA) is 37.4 Å². The standard InChI is InChI=1S/C10H11NO2S/c12-10-7-14(13)8-11(10)6-9-4-2-1-3-5-9/h1-5H,6-8H2. The molecule has 1 amide bonds. The van der Waals surface area contributed by atoms with E-state index in [0.29, 0.717) is 12.4 Å². The van der Waals surface area contributed by atoms with Crippen LogP contribution in [0.15, 0.2) is 30.3 Å². The fraction of sp³-hybridized carbons (Fsp3) is 0.300. The van der Waals surface area contributed by atoms with Gasteiger partial charge in [-0.1, -0.05) is 30.3 Å². The molecule has 1 heterocycles. The Bertz CT molecular complexity index is 364. The zero-order chi connectivity index (χ0) is 9.97. The van der Waals surface area contributed by atoms with Crippen molar-refractivity contribution in [1.29, 1.82) is 0 Å². The van der Waals surface area contributed by atoms with E-state index in [4.69, 9.17) is 0 Å². The van der Waals surface area contributed by atoms with E-state index in [-0.39, 0.29) is 11.7 Å². The smallest absolute Gasteiger partial charge is 0.236 e. The van der Waals surface area contributed by atoms with E-state index in [2.05, 4.69) is 0 Å². The number of benzene rings is 1. The maximum Gasteiger partial charge on any atom is 0.236 e. The summed E-state index contributed by atoms with van der Waals surface area (Å²) >= 11 is 0. The van der Waals surface area contributed by atoms with Gasteiger partial charge in [-0.05, 0) is 5.56 Å². The Labute approximate surface area is 85.2 Å². The highest BCUT2D eigenvalue weighted by atomic mass is 32.2. The molecule has 74 valence electrons. The third-order valence-corrected chi connectivity index (χ3v) is 3.32. The van der Waals surface area contributed by atoms with Crippen LogP contribution < -0.4 is 0 Å². The fourth-order valence-corrected chi connectivity index (χ4v) is 2.59. The predicted molar refractivity (Wildman–Crippen MR) is 54.9 cm³/mol. The molecule has 0 bridgehead atoms. The molecule has 0 saturated carbocycles. The number of carbonyl (C=O) groups is 1. The molecule has 14 heavy (non-hydrogen) atoms. The lowest BCUT2D eigenvalue weighted by atomic mass is 10.2. The van der Waals surface area contributed by atoms with Gasteiger partial charge in [0.15, 0.2) is 0 Å². The number of hydrogen-bond acceptors (Lipinski definition) is 2. The molecule has 3 nitrogen and oxygen atoms in total. The average molecular weight is 209 g/mol. The van der Waals surface area contributed by atoms with Crippen molar-refractivity contribution in [2.75, 3.05) is 11.6 Å². The van der Waals surface area contributed by atoms with Crippen LogP contribution in [0.3, 0.4) is 0 Å². The van der Waals surface area contributed by atoms with Crippen molar-refractivity contribution < 1.29 is 9.00 Å². The second-order valence-electron chi connectivity index (χ2n) is 3.29. The Hall–Kier alpha value is -1.16. The van der Waals surface area contributed by atoms with Crippen molar-refractivity contribution in [3.63, 3.8) is 0 Å². The number of hydrogen-bond donors (Lipinski definition) is 0. The minimum atomic E-state index is -0.980. The zero-order valence-corrected chi connectivity index (χ0v) is 8.50. The van der Waals surface area contributed by atoms with E-state index >= 15 is 0 Å². The molecule has 4 heteroatoms. The van der Waals surface area contributed by atoms with Crippen LogP contribution in [-0.4, -0.2) is 26.6 Å². The van der Waals surface area contributed by atoms with E-state index in [1.165, 1.54) is 0 Å². The van der Waals surface area contributed by atoms with Crippen LogP contribution in [0.1, 0.15) is 5.56 Å². The van der Waals surface area contributed by atoms with Gasteiger partial charge in [0.25, 0.3) is 0 Å². The number of nitrogens with zero attached hydrogens (tertiary/aromatic N) is 1. The lowest BCUT2D eigenvalue weighted by Crippen LogP contribution is -2.24. The molecule has 0 spiro atoms. The van der Waals surface area contributed by atoms with Crippen LogP contribution in [0, 0.1) is 0 Å². The maximum absolute atomic E-state index is 11.3. The number of amides is 1. The molecule has 1 fully saturated rings. The van der Waals surface area contributed by atoms with E-state index in [9.17, 15) is 9.00 Å². The third-order valence-electron chi connectivity index (χ3n) is 2.15. The normalized spacial score (nSPS) is 21.6. The molecule has 0 aromatic heterocycles. The molecular formula is C10H11NO2S. The third kappa shape index (κ3) is 2.01. The van der Waals surface area contributed by atoms with Crippen LogP contribution >= 0.6 is 0 Å². The summed E-state index contributed by atoms with van der Waals surface area (Å²) in [5, 5.41) is 0. The highest BCUT2D eigenvalue weighted by Gasteiger charge is 2.25. The molecule has 1 aromatic carbocycles. The molecule has 0 radical (unpaired) electrons. The summed E-state index contributed by atoms with van der Waals surface area (Å²) in [6, 6.07) is 9.75. The van der Waals surface area contributed by atoms with E-state index < -0.39 is 10.8 Å². The minimum Gasteiger partial charge on any atom is -0.326 e. The largest absolute Gasteiger partial charge is 0.326 e. The summed E-state index contributed by atoms with van der Waals surface area (Å²) in [5.41, 5.74) is 1.08. The first-order valence-electron chi connectivity index (χ1n) is 4.42. The lowest BCUT2D eigenvalue weighted by Gasteiger charge is -2.13. The molecule has 2 rings (SSSR count). The Kier molecular flexibility index (Phi) is 2.63. The quantitative estimate of drug-likeness (QED) is 0.720. The maximum atomic E-state index is 11.3. The fourth-order valence-electron chi connectivity index (χ4n) is 1.46. The summed E-state index contributed by atoms with van der Waals surface area (Å²) in [5.74, 6) is 0.563. The Balaban J connectivity index is 2.05. The minimum absolute atomic E-state index is 0.00723. The second-order valence-corrected chi connectivity index (χ2v) is 4.72. The van der Waals surface area contributed by atoms with Gasteiger partial charge in [-0.15, -0.1) is 0 Å². The summed E-state index contributed by atoms with van der Waals surface area (Å²) in [4.78, 5) is 13.0. The molecule has 0 N–H and O–H groups in total. The molecule has 1 saturated heterocycles. The van der Waals surface area contributed by atoms with Gasteiger partial charge in [0.05, 0.1) is 16.7 Å². The Morgan fingerprint density at radius 3 is 2.57 bits per heavy atom. The van der Waals surface area contributed by atoms with Gasteiger partial charge in [0, 0.05) is 6.54 Å². The molecular weight excluding hydrogens is 198 g/mol. The van der Waals surface area contributed by atoms with Gasteiger partial charge in [-0.2, -0.15) is 0 Å². The van der Waals surface area contributed by atoms with Crippen molar-refractivity contribution in [2.24, 2.45) is 0 Å². The highest BCUT2D eigenvalue weighted by Crippen LogP contribution is 2.10. The first-order valence-corrected chi connectivity index (χ1v) is 5.91. The Morgan fingerprint density at radius 1 is 1.29 bits per heavy atom. The number of carbonyl (C=O) groups excluding carboxylic acids is 1. The molecule has 1 unspecified atom stereocenters. The monoisotopic (exact) mass is 209 g/mol. The van der Waals surface area contributed by atoms with Crippen molar-refractivity contribution in [3.05, 3.63) is 35.9 Å². The first kappa shape index (κ1) is 9.40. The summed E-state index contributed by atoms with van der Waals surface area (Å²) < 4.78 is 11.1. The summed E-state index contributed by atoms with van der Waals surface area (Å²) in [6.45, 7) is 0.575. The van der Waals surface area contributed by atoms with Crippen LogP contribution in [-0.2, 0) is 22.1 Å². The first-order chi connectivity index (χ1) is 6.75. The van der Waals surface area contributed by atoms with Crippen LogP contribution in [0.25, 0.3) is 0 Å². The molecule has 1 aromatic rings.